The molecule has 0 unspecified atom stereocenters. The van der Waals surface area contributed by atoms with E-state index in [1.165, 1.54) is 0 Å². The van der Waals surface area contributed by atoms with Crippen LogP contribution in [-0.4, -0.2) is 26.3 Å². The van der Waals surface area contributed by atoms with Crippen LogP contribution in [0.25, 0.3) is 0 Å². The summed E-state index contributed by atoms with van der Waals surface area (Å²) in [5, 5.41) is 0. The molecule has 76 valence electrons. The average molecular weight is 262 g/mol. The van der Waals surface area contributed by atoms with Crippen LogP contribution >= 0.6 is 8.25 Å². The van der Waals surface area contributed by atoms with E-state index in [4.69, 9.17) is 20.5 Å². The van der Waals surface area contributed by atoms with E-state index in [-0.39, 0.29) is 19.5 Å². The molecule has 0 atom stereocenters. The van der Waals surface area contributed by atoms with Crippen LogP contribution in [0.5, 0.6) is 0 Å². The van der Waals surface area contributed by atoms with Gasteiger partial charge in [-0.05, 0) is 12.8 Å². The van der Waals surface area contributed by atoms with E-state index >= 15 is 0 Å². The van der Waals surface area contributed by atoms with Crippen molar-refractivity contribution in [2.75, 3.05) is 26.3 Å². The Labute approximate surface area is 92.2 Å². The maximum atomic E-state index is 10.4. The molecule has 1 rings (SSSR count). The van der Waals surface area contributed by atoms with Gasteiger partial charge in [0.15, 0.2) is 0 Å². The second-order valence-corrected chi connectivity index (χ2v) is 3.31. The Morgan fingerprint density at radius 3 is 1.77 bits per heavy atom. The molecule has 5 nitrogen and oxygen atoms in total. The van der Waals surface area contributed by atoms with Crippen LogP contribution in [0.3, 0.4) is 0 Å². The zero-order valence-corrected chi connectivity index (χ0v) is 11.8. The predicted molar refractivity (Wildman–Crippen MR) is 48.2 cm³/mol. The van der Waals surface area contributed by atoms with Crippen LogP contribution in [0.15, 0.2) is 0 Å². The van der Waals surface area contributed by atoms with Crippen LogP contribution in [0, 0.1) is 0 Å². The SMILES string of the molecule is NCCN.O=[PH]1OCCCCO1.[Zn]. The molecule has 1 aliphatic heterocycles. The molecular weight excluding hydrogens is 244 g/mol. The maximum absolute atomic E-state index is 10.4. The standard InChI is InChI=1S/C4H9O3P.C2H8N2.Zn/c5-8-6-3-1-2-4-7-8;3-1-2-4;/h8H,1-4H2;1-4H2;. The van der Waals surface area contributed by atoms with Gasteiger partial charge in [-0.1, -0.05) is 0 Å². The van der Waals surface area contributed by atoms with Crippen molar-refractivity contribution in [2.45, 2.75) is 12.8 Å². The minimum Gasteiger partial charge on any atom is -0.329 e. The molecule has 1 heterocycles. The molecule has 1 aliphatic rings. The predicted octanol–water partition coefficient (Wildman–Crippen LogP) is 0.104. The largest absolute Gasteiger partial charge is 0.329 e. The Bertz CT molecular complexity index is 116. The van der Waals surface area contributed by atoms with Gasteiger partial charge in [0, 0.05) is 32.6 Å². The third-order valence-corrected chi connectivity index (χ3v) is 2.02. The average Bonchev–Trinajstić information content (AvgIpc) is 2.33. The normalized spacial score (nSPS) is 17.7. The summed E-state index contributed by atoms with van der Waals surface area (Å²) in [5.41, 5.74) is 9.81. The van der Waals surface area contributed by atoms with E-state index < -0.39 is 8.25 Å². The molecule has 4 N–H and O–H groups in total. The van der Waals surface area contributed by atoms with Gasteiger partial charge in [0.1, 0.15) is 0 Å². The summed E-state index contributed by atoms with van der Waals surface area (Å²) < 4.78 is 19.9. The first-order chi connectivity index (χ1) is 5.81. The number of hydrogen-bond acceptors (Lipinski definition) is 5. The van der Waals surface area contributed by atoms with E-state index in [0.717, 1.165) is 12.8 Å². The van der Waals surface area contributed by atoms with Crippen molar-refractivity contribution in [1.29, 1.82) is 0 Å². The van der Waals surface area contributed by atoms with Crippen molar-refractivity contribution < 1.29 is 33.1 Å². The fourth-order valence-corrected chi connectivity index (χ4v) is 1.26. The summed E-state index contributed by atoms with van der Waals surface area (Å²) in [4.78, 5) is 0. The summed E-state index contributed by atoms with van der Waals surface area (Å²) in [6, 6.07) is 0. The summed E-state index contributed by atoms with van der Waals surface area (Å²) in [7, 11) is -2.08. The topological polar surface area (TPSA) is 87.6 Å². The summed E-state index contributed by atoms with van der Waals surface area (Å²) in [6.45, 7) is 2.38. The molecule has 0 bridgehead atoms. The van der Waals surface area contributed by atoms with Crippen LogP contribution in [0.2, 0.25) is 0 Å². The molecule has 0 spiro atoms. The zero-order chi connectivity index (χ0) is 9.23. The molecule has 0 aromatic heterocycles. The number of hydrogen-bond donors (Lipinski definition) is 2. The summed E-state index contributed by atoms with van der Waals surface area (Å²) in [5.74, 6) is 0. The molecule has 1 saturated heterocycles. The quantitative estimate of drug-likeness (QED) is 0.516. The first-order valence-corrected chi connectivity index (χ1v) is 5.23. The zero-order valence-electron chi connectivity index (χ0n) is 7.83. The van der Waals surface area contributed by atoms with Crippen molar-refractivity contribution in [1.82, 2.24) is 0 Å². The second-order valence-electron chi connectivity index (χ2n) is 2.23. The van der Waals surface area contributed by atoms with Gasteiger partial charge < -0.3 is 20.5 Å². The van der Waals surface area contributed by atoms with E-state index in [0.29, 0.717) is 26.3 Å². The fraction of sp³-hybridized carbons (Fsp3) is 1.00. The van der Waals surface area contributed by atoms with Crippen LogP contribution in [0.1, 0.15) is 12.8 Å². The van der Waals surface area contributed by atoms with Crippen LogP contribution in [-0.2, 0) is 33.1 Å². The Hall–Kier alpha value is 0.693. The third-order valence-electron chi connectivity index (χ3n) is 1.15. The van der Waals surface area contributed by atoms with Gasteiger partial charge in [-0.2, -0.15) is 0 Å². The third kappa shape index (κ3) is 12.7. The van der Waals surface area contributed by atoms with Gasteiger partial charge in [-0.3, -0.25) is 4.57 Å². The number of nitrogens with two attached hydrogens (primary N) is 2. The minimum atomic E-state index is -2.08. The Morgan fingerprint density at radius 1 is 1.08 bits per heavy atom. The molecule has 0 saturated carbocycles. The van der Waals surface area contributed by atoms with E-state index in [1.807, 2.05) is 0 Å². The van der Waals surface area contributed by atoms with Crippen molar-refractivity contribution >= 4 is 8.25 Å². The van der Waals surface area contributed by atoms with Gasteiger partial charge in [0.2, 0.25) is 0 Å². The van der Waals surface area contributed by atoms with E-state index in [9.17, 15) is 4.57 Å². The van der Waals surface area contributed by atoms with E-state index in [2.05, 4.69) is 0 Å². The Balaban J connectivity index is 0. The molecule has 0 aliphatic carbocycles. The molecule has 0 aromatic carbocycles. The summed E-state index contributed by atoms with van der Waals surface area (Å²) in [6.07, 6.45) is 1.94. The molecule has 7 heteroatoms. The monoisotopic (exact) mass is 260 g/mol. The van der Waals surface area contributed by atoms with Crippen molar-refractivity contribution in [3.8, 4) is 0 Å². The first-order valence-electron chi connectivity index (χ1n) is 4.01. The smallest absolute Gasteiger partial charge is 0.319 e. The van der Waals surface area contributed by atoms with Gasteiger partial charge >= 0.3 is 8.25 Å². The van der Waals surface area contributed by atoms with Crippen molar-refractivity contribution in [3.63, 3.8) is 0 Å². The van der Waals surface area contributed by atoms with Gasteiger partial charge in [0.25, 0.3) is 0 Å². The van der Waals surface area contributed by atoms with E-state index in [1.54, 1.807) is 0 Å². The molecular formula is C6H17N2O3PZn. The van der Waals surface area contributed by atoms with Crippen molar-refractivity contribution in [2.24, 2.45) is 11.5 Å². The second kappa shape index (κ2) is 12.7. The maximum Gasteiger partial charge on any atom is 0.319 e. The van der Waals surface area contributed by atoms with Gasteiger partial charge in [-0.25, -0.2) is 0 Å². The van der Waals surface area contributed by atoms with Gasteiger partial charge in [0.05, 0.1) is 13.2 Å². The molecule has 1 fully saturated rings. The first kappa shape index (κ1) is 16.1. The molecule has 0 aromatic rings. The van der Waals surface area contributed by atoms with Crippen molar-refractivity contribution in [3.05, 3.63) is 0 Å². The Morgan fingerprint density at radius 2 is 1.46 bits per heavy atom. The van der Waals surface area contributed by atoms with Crippen LogP contribution < -0.4 is 11.5 Å². The molecule has 13 heavy (non-hydrogen) atoms. The Kier molecular flexibility index (Phi) is 15.8. The summed E-state index contributed by atoms with van der Waals surface area (Å²) >= 11 is 0. The molecule has 0 amide bonds. The molecule has 0 radical (unpaired) electrons. The van der Waals surface area contributed by atoms with Gasteiger partial charge in [-0.15, -0.1) is 0 Å². The minimum absolute atomic E-state index is 0. The number of rotatable bonds is 1. The van der Waals surface area contributed by atoms with Crippen LogP contribution in [0.4, 0.5) is 0 Å². The fourth-order valence-electron chi connectivity index (χ4n) is 0.557.